The Morgan fingerprint density at radius 3 is 2.13 bits per heavy atom. The Morgan fingerprint density at radius 2 is 1.47 bits per heavy atom. The number of hydrogen-bond acceptors (Lipinski definition) is 4. The molecule has 3 aromatic rings. The van der Waals surface area contributed by atoms with Crippen molar-refractivity contribution in [1.82, 2.24) is 0 Å². The number of benzene rings is 3. The number of imide groups is 1. The maximum absolute atomic E-state index is 13.6. The Kier molecular flexibility index (Phi) is 4.40. The normalized spacial score (nSPS) is 23.2. The molecule has 0 saturated carbocycles. The van der Waals surface area contributed by atoms with Crippen LogP contribution in [0.1, 0.15) is 22.7 Å². The third kappa shape index (κ3) is 2.82. The fourth-order valence-electron chi connectivity index (χ4n) is 4.50. The molecule has 2 fully saturated rings. The van der Waals surface area contributed by atoms with Crippen molar-refractivity contribution in [3.8, 4) is 0 Å². The van der Waals surface area contributed by atoms with Gasteiger partial charge in [-0.2, -0.15) is 0 Å². The van der Waals surface area contributed by atoms with E-state index in [1.807, 2.05) is 92.7 Å². The average Bonchev–Trinajstić information content (AvgIpc) is 3.26. The fourth-order valence-corrected chi connectivity index (χ4v) is 4.50. The molecule has 0 radical (unpaired) electrons. The van der Waals surface area contributed by atoms with Gasteiger partial charge in [0.2, 0.25) is 5.91 Å². The van der Waals surface area contributed by atoms with E-state index in [0.717, 1.165) is 22.4 Å². The Hall–Kier alpha value is -3.44. The lowest BCUT2D eigenvalue weighted by molar-refractivity contribution is -0.126. The van der Waals surface area contributed by atoms with Gasteiger partial charge in [-0.15, -0.1) is 0 Å². The third-order valence-corrected chi connectivity index (χ3v) is 5.86. The van der Waals surface area contributed by atoms with Crippen LogP contribution in [0.5, 0.6) is 0 Å². The summed E-state index contributed by atoms with van der Waals surface area (Å²) in [5, 5.41) is 1.72. The van der Waals surface area contributed by atoms with Gasteiger partial charge < -0.3 is 0 Å². The summed E-state index contributed by atoms with van der Waals surface area (Å²) in [6.07, 6.45) is -0.844. The molecule has 2 aliphatic rings. The number of aryl methyl sites for hydroxylation is 2. The molecular formula is C25H22N2O3. The highest BCUT2D eigenvalue weighted by Crippen LogP contribution is 2.47. The molecular weight excluding hydrogens is 376 g/mol. The first-order valence-electron chi connectivity index (χ1n) is 10.1. The summed E-state index contributed by atoms with van der Waals surface area (Å²) in [6, 6.07) is 24.7. The Labute approximate surface area is 175 Å². The molecule has 150 valence electrons. The first kappa shape index (κ1) is 18.6. The lowest BCUT2D eigenvalue weighted by Gasteiger charge is -2.29. The van der Waals surface area contributed by atoms with Crippen LogP contribution in [0.3, 0.4) is 0 Å². The number of hydroxylamine groups is 1. The smallest absolute Gasteiger partial charge is 0.266 e. The van der Waals surface area contributed by atoms with Gasteiger partial charge in [0.25, 0.3) is 5.91 Å². The van der Waals surface area contributed by atoms with Crippen LogP contribution < -0.4 is 9.96 Å². The summed E-state index contributed by atoms with van der Waals surface area (Å²) < 4.78 is 0. The van der Waals surface area contributed by atoms with Gasteiger partial charge in [0.15, 0.2) is 6.10 Å². The predicted octanol–water partition coefficient (Wildman–Crippen LogP) is 4.35. The molecule has 3 atom stereocenters. The molecule has 2 saturated heterocycles. The minimum absolute atomic E-state index is 0.218. The Morgan fingerprint density at radius 1 is 0.800 bits per heavy atom. The lowest BCUT2D eigenvalue weighted by Crippen LogP contribution is -2.37. The van der Waals surface area contributed by atoms with E-state index < -0.39 is 12.0 Å². The highest BCUT2D eigenvalue weighted by molar-refractivity contribution is 6.24. The summed E-state index contributed by atoms with van der Waals surface area (Å²) in [7, 11) is 0. The van der Waals surface area contributed by atoms with Crippen LogP contribution >= 0.6 is 0 Å². The number of carbonyl (C=O) groups is 2. The summed E-state index contributed by atoms with van der Waals surface area (Å²) in [4.78, 5) is 34.4. The highest BCUT2D eigenvalue weighted by atomic mass is 16.7. The van der Waals surface area contributed by atoms with Crippen molar-refractivity contribution >= 4 is 23.2 Å². The van der Waals surface area contributed by atoms with Crippen LogP contribution in [0, 0.1) is 19.8 Å². The molecule has 0 aliphatic carbocycles. The van der Waals surface area contributed by atoms with E-state index in [9.17, 15) is 9.59 Å². The lowest BCUT2D eigenvalue weighted by atomic mass is 9.90. The van der Waals surface area contributed by atoms with Crippen LogP contribution in [0.2, 0.25) is 0 Å². The van der Waals surface area contributed by atoms with Crippen molar-refractivity contribution in [3.63, 3.8) is 0 Å². The van der Waals surface area contributed by atoms with Crippen molar-refractivity contribution in [2.75, 3.05) is 9.96 Å². The van der Waals surface area contributed by atoms with E-state index in [1.165, 1.54) is 4.90 Å². The van der Waals surface area contributed by atoms with E-state index in [4.69, 9.17) is 4.84 Å². The summed E-state index contributed by atoms with van der Waals surface area (Å²) in [5.74, 6) is -1.14. The quantitative estimate of drug-likeness (QED) is 0.616. The number of para-hydroxylation sites is 1. The summed E-state index contributed by atoms with van der Waals surface area (Å²) in [5.41, 5.74) is 4.38. The zero-order valence-corrected chi connectivity index (χ0v) is 16.9. The van der Waals surface area contributed by atoms with Crippen LogP contribution in [0.4, 0.5) is 11.4 Å². The van der Waals surface area contributed by atoms with Crippen molar-refractivity contribution in [3.05, 3.63) is 95.6 Å². The topological polar surface area (TPSA) is 49.9 Å². The van der Waals surface area contributed by atoms with Crippen molar-refractivity contribution < 1.29 is 14.4 Å². The molecule has 0 aromatic heterocycles. The number of hydrogen-bond donors (Lipinski definition) is 0. The molecule has 5 rings (SSSR count). The maximum atomic E-state index is 13.6. The van der Waals surface area contributed by atoms with Crippen LogP contribution in [-0.2, 0) is 14.4 Å². The van der Waals surface area contributed by atoms with E-state index in [1.54, 1.807) is 5.06 Å². The number of rotatable bonds is 3. The molecule has 0 unspecified atom stereocenters. The van der Waals surface area contributed by atoms with Gasteiger partial charge >= 0.3 is 0 Å². The molecule has 2 amide bonds. The van der Waals surface area contributed by atoms with E-state index >= 15 is 0 Å². The minimum Gasteiger partial charge on any atom is -0.273 e. The van der Waals surface area contributed by atoms with Crippen LogP contribution in [0.15, 0.2) is 78.9 Å². The van der Waals surface area contributed by atoms with Crippen molar-refractivity contribution in [2.45, 2.75) is 26.0 Å². The van der Waals surface area contributed by atoms with Gasteiger partial charge in [0.1, 0.15) is 5.92 Å². The highest BCUT2D eigenvalue weighted by Gasteiger charge is 2.60. The van der Waals surface area contributed by atoms with Gasteiger partial charge in [-0.05, 0) is 43.2 Å². The van der Waals surface area contributed by atoms with Gasteiger partial charge in [0, 0.05) is 0 Å². The monoisotopic (exact) mass is 398 g/mol. The summed E-state index contributed by atoms with van der Waals surface area (Å²) in [6.45, 7) is 3.91. The van der Waals surface area contributed by atoms with Gasteiger partial charge in [-0.25, -0.2) is 9.96 Å². The second-order valence-corrected chi connectivity index (χ2v) is 7.87. The van der Waals surface area contributed by atoms with E-state index in [2.05, 4.69) is 0 Å². The number of amides is 2. The van der Waals surface area contributed by atoms with Crippen molar-refractivity contribution in [2.24, 2.45) is 5.92 Å². The zero-order chi connectivity index (χ0) is 20.8. The molecule has 0 N–H and O–H groups in total. The Balaban J connectivity index is 1.59. The number of anilines is 2. The third-order valence-electron chi connectivity index (χ3n) is 5.86. The molecule has 30 heavy (non-hydrogen) atoms. The average molecular weight is 398 g/mol. The molecule has 0 bridgehead atoms. The number of fused-ring (bicyclic) bond motifs is 1. The minimum atomic E-state index is -0.844. The zero-order valence-electron chi connectivity index (χ0n) is 16.9. The molecule has 2 aliphatic heterocycles. The van der Waals surface area contributed by atoms with Crippen LogP contribution in [0.25, 0.3) is 0 Å². The fraction of sp³-hybridized carbons (Fsp3) is 0.200. The van der Waals surface area contributed by atoms with E-state index in [-0.39, 0.29) is 17.9 Å². The largest absolute Gasteiger partial charge is 0.273 e. The molecule has 3 aromatic carbocycles. The van der Waals surface area contributed by atoms with Gasteiger partial charge in [-0.1, -0.05) is 66.2 Å². The van der Waals surface area contributed by atoms with Crippen molar-refractivity contribution in [1.29, 1.82) is 0 Å². The first-order valence-corrected chi connectivity index (χ1v) is 10.1. The van der Waals surface area contributed by atoms with E-state index in [0.29, 0.717) is 5.69 Å². The number of nitrogens with zero attached hydrogens (tertiary/aromatic N) is 2. The number of carbonyl (C=O) groups excluding carboxylic acids is 2. The second kappa shape index (κ2) is 7.11. The standard InChI is InChI=1S/C25H22N2O3/c1-16-13-14-20(17(2)15-16)26-24(28)21-22(18-9-5-3-6-10-18)27(30-23(21)25(26)29)19-11-7-4-8-12-19/h3-15,21-23H,1-2H3/t21-,22+,23+/m0/s1. The molecule has 5 heteroatoms. The van der Waals surface area contributed by atoms with Crippen LogP contribution in [-0.4, -0.2) is 17.9 Å². The Bertz CT molecular complexity index is 1110. The first-order chi connectivity index (χ1) is 14.6. The summed E-state index contributed by atoms with van der Waals surface area (Å²) >= 11 is 0. The predicted molar refractivity (Wildman–Crippen MR) is 115 cm³/mol. The maximum Gasteiger partial charge on any atom is 0.266 e. The molecule has 5 nitrogen and oxygen atoms in total. The second-order valence-electron chi connectivity index (χ2n) is 7.87. The molecule has 0 spiro atoms. The van der Waals surface area contributed by atoms with Gasteiger partial charge in [0.05, 0.1) is 17.4 Å². The van der Waals surface area contributed by atoms with Gasteiger partial charge in [-0.3, -0.25) is 14.4 Å². The SMILES string of the molecule is Cc1ccc(N2C(=O)[C@H]3[C@@H](c4ccccc4)N(c4ccccc4)O[C@H]3C2=O)c(C)c1. The molecule has 2 heterocycles.